The van der Waals surface area contributed by atoms with Crippen molar-refractivity contribution in [1.29, 1.82) is 0 Å². The third-order valence-electron chi connectivity index (χ3n) is 3.00. The Balaban J connectivity index is 1.76. The molecule has 0 aliphatic heterocycles. The van der Waals surface area contributed by atoms with E-state index in [0.717, 1.165) is 24.3 Å². The van der Waals surface area contributed by atoms with E-state index in [2.05, 4.69) is 0 Å². The topological polar surface area (TPSA) is 29.5 Å². The van der Waals surface area contributed by atoms with E-state index in [0.29, 0.717) is 22.4 Å². The number of aryl methyl sites for hydroxylation is 1. The summed E-state index contributed by atoms with van der Waals surface area (Å²) in [5.74, 6) is 0.447. The van der Waals surface area contributed by atoms with E-state index < -0.39 is 0 Å². The molecular formula is C16H15Cl3O2. The molecule has 2 nitrogen and oxygen atoms in total. The van der Waals surface area contributed by atoms with Crippen molar-refractivity contribution in [2.24, 2.45) is 0 Å². The van der Waals surface area contributed by atoms with Crippen LogP contribution in [0.5, 0.6) is 11.5 Å². The molecule has 0 saturated carbocycles. The summed E-state index contributed by atoms with van der Waals surface area (Å²) >= 11 is 17.8. The minimum atomic E-state index is 0.0279. The van der Waals surface area contributed by atoms with Gasteiger partial charge in [0, 0.05) is 17.2 Å². The third-order valence-corrected chi connectivity index (χ3v) is 3.82. The van der Waals surface area contributed by atoms with E-state index in [-0.39, 0.29) is 5.75 Å². The number of ether oxygens (including phenoxy) is 1. The molecule has 0 saturated heterocycles. The lowest BCUT2D eigenvalue weighted by Gasteiger charge is -2.10. The zero-order valence-electron chi connectivity index (χ0n) is 11.3. The van der Waals surface area contributed by atoms with Crippen LogP contribution in [0.2, 0.25) is 15.1 Å². The largest absolute Gasteiger partial charge is 0.508 e. The number of phenolic OH excluding ortho intramolecular Hbond substituents is 1. The normalized spacial score (nSPS) is 10.6. The molecule has 5 heteroatoms. The van der Waals surface area contributed by atoms with Gasteiger partial charge in [-0.05, 0) is 37.0 Å². The Morgan fingerprint density at radius 3 is 2.14 bits per heavy atom. The predicted octanol–water partition coefficient (Wildman–Crippen LogP) is 5.75. The molecule has 1 N–H and O–H groups in total. The molecule has 2 rings (SSSR count). The molecule has 0 heterocycles. The van der Waals surface area contributed by atoms with Gasteiger partial charge in [0.25, 0.3) is 0 Å². The lowest BCUT2D eigenvalue weighted by Crippen LogP contribution is -1.99. The molecule has 0 fully saturated rings. The maximum atomic E-state index is 9.34. The highest BCUT2D eigenvalue weighted by Gasteiger charge is 2.09. The molecule has 0 bridgehead atoms. The first kappa shape index (κ1) is 16.3. The zero-order chi connectivity index (χ0) is 15.2. The van der Waals surface area contributed by atoms with Gasteiger partial charge in [0.05, 0.1) is 16.7 Å². The number of unbranched alkanes of at least 4 members (excludes halogenated alkanes) is 1. The summed E-state index contributed by atoms with van der Waals surface area (Å²) < 4.78 is 5.58. The van der Waals surface area contributed by atoms with Crippen LogP contribution in [0.4, 0.5) is 0 Å². The molecule has 112 valence electrons. The molecule has 0 aliphatic rings. The van der Waals surface area contributed by atoms with Crippen molar-refractivity contribution in [2.75, 3.05) is 6.61 Å². The number of hydrogen-bond acceptors (Lipinski definition) is 2. The SMILES string of the molecule is Oc1cc(Cl)c(OCCCCc2ccc(Cl)cc2)c(Cl)c1. The van der Waals surface area contributed by atoms with Gasteiger partial charge < -0.3 is 9.84 Å². The first-order valence-electron chi connectivity index (χ1n) is 6.61. The summed E-state index contributed by atoms with van der Waals surface area (Å²) in [7, 11) is 0. The molecule has 0 amide bonds. The Hall–Kier alpha value is -1.09. The van der Waals surface area contributed by atoms with Gasteiger partial charge in [-0.25, -0.2) is 0 Å². The first-order chi connectivity index (χ1) is 10.1. The lowest BCUT2D eigenvalue weighted by molar-refractivity contribution is 0.307. The van der Waals surface area contributed by atoms with Crippen LogP contribution in [0, 0.1) is 0 Å². The van der Waals surface area contributed by atoms with E-state index in [1.165, 1.54) is 17.7 Å². The van der Waals surface area contributed by atoms with Gasteiger partial charge >= 0.3 is 0 Å². The Bertz CT molecular complexity index is 574. The Morgan fingerprint density at radius 1 is 0.905 bits per heavy atom. The minimum absolute atomic E-state index is 0.0279. The fraction of sp³-hybridized carbons (Fsp3) is 0.250. The maximum absolute atomic E-state index is 9.34. The summed E-state index contributed by atoms with van der Waals surface area (Å²) in [4.78, 5) is 0. The van der Waals surface area contributed by atoms with Crippen LogP contribution in [-0.4, -0.2) is 11.7 Å². The first-order valence-corrected chi connectivity index (χ1v) is 7.75. The number of rotatable bonds is 6. The van der Waals surface area contributed by atoms with Gasteiger partial charge in [0.15, 0.2) is 5.75 Å². The van der Waals surface area contributed by atoms with Gasteiger partial charge in [0.1, 0.15) is 5.75 Å². The molecule has 2 aromatic rings. The molecule has 21 heavy (non-hydrogen) atoms. The van der Waals surface area contributed by atoms with Crippen LogP contribution < -0.4 is 4.74 Å². The van der Waals surface area contributed by atoms with E-state index >= 15 is 0 Å². The molecule has 0 aromatic heterocycles. The van der Waals surface area contributed by atoms with E-state index in [4.69, 9.17) is 39.5 Å². The lowest BCUT2D eigenvalue weighted by atomic mass is 10.1. The maximum Gasteiger partial charge on any atom is 0.156 e. The predicted molar refractivity (Wildman–Crippen MR) is 88.0 cm³/mol. The van der Waals surface area contributed by atoms with Gasteiger partial charge in [-0.2, -0.15) is 0 Å². The van der Waals surface area contributed by atoms with Gasteiger partial charge in [-0.3, -0.25) is 0 Å². The average molecular weight is 346 g/mol. The molecule has 0 spiro atoms. The van der Waals surface area contributed by atoms with Crippen molar-refractivity contribution >= 4 is 34.8 Å². The van der Waals surface area contributed by atoms with Crippen LogP contribution >= 0.6 is 34.8 Å². The summed E-state index contributed by atoms with van der Waals surface area (Å²) in [5, 5.41) is 10.7. The molecule has 0 unspecified atom stereocenters. The number of aromatic hydroxyl groups is 1. The summed E-state index contributed by atoms with van der Waals surface area (Å²) in [5.41, 5.74) is 1.25. The monoisotopic (exact) mass is 344 g/mol. The van der Waals surface area contributed by atoms with Crippen molar-refractivity contribution in [3.05, 3.63) is 57.0 Å². The van der Waals surface area contributed by atoms with Crippen LogP contribution in [0.1, 0.15) is 18.4 Å². The Labute approximate surface area is 139 Å². The van der Waals surface area contributed by atoms with Crippen molar-refractivity contribution in [2.45, 2.75) is 19.3 Å². The summed E-state index contributed by atoms with van der Waals surface area (Å²) in [6, 6.07) is 10.7. The minimum Gasteiger partial charge on any atom is -0.508 e. The Kier molecular flexibility index (Phi) is 6.04. The smallest absolute Gasteiger partial charge is 0.156 e. The van der Waals surface area contributed by atoms with Crippen molar-refractivity contribution in [3.8, 4) is 11.5 Å². The number of phenols is 1. The molecule has 0 radical (unpaired) electrons. The van der Waals surface area contributed by atoms with E-state index in [1.54, 1.807) is 0 Å². The van der Waals surface area contributed by atoms with Gasteiger partial charge in [0.2, 0.25) is 0 Å². The van der Waals surface area contributed by atoms with Gasteiger partial charge in [-0.15, -0.1) is 0 Å². The second-order valence-electron chi connectivity index (χ2n) is 4.67. The summed E-state index contributed by atoms with van der Waals surface area (Å²) in [6.07, 6.45) is 2.85. The van der Waals surface area contributed by atoms with Crippen molar-refractivity contribution < 1.29 is 9.84 Å². The third kappa shape index (κ3) is 4.99. The standard InChI is InChI=1S/C16H15Cl3O2/c17-12-6-4-11(5-7-12)3-1-2-8-21-16-14(18)9-13(20)10-15(16)19/h4-7,9-10,20H,1-3,8H2. The van der Waals surface area contributed by atoms with Crippen LogP contribution in [-0.2, 0) is 6.42 Å². The van der Waals surface area contributed by atoms with Gasteiger partial charge in [-0.1, -0.05) is 46.9 Å². The second-order valence-corrected chi connectivity index (χ2v) is 5.92. The molecule has 0 atom stereocenters. The Morgan fingerprint density at radius 2 is 1.52 bits per heavy atom. The zero-order valence-corrected chi connectivity index (χ0v) is 13.5. The average Bonchev–Trinajstić information content (AvgIpc) is 2.43. The van der Waals surface area contributed by atoms with E-state index in [9.17, 15) is 5.11 Å². The number of benzene rings is 2. The highest BCUT2D eigenvalue weighted by Crippen LogP contribution is 2.36. The molecule has 0 aliphatic carbocycles. The number of halogens is 3. The van der Waals surface area contributed by atoms with Crippen molar-refractivity contribution in [1.82, 2.24) is 0 Å². The van der Waals surface area contributed by atoms with Crippen LogP contribution in [0.25, 0.3) is 0 Å². The fourth-order valence-electron chi connectivity index (χ4n) is 1.94. The van der Waals surface area contributed by atoms with Crippen LogP contribution in [0.15, 0.2) is 36.4 Å². The summed E-state index contributed by atoms with van der Waals surface area (Å²) in [6.45, 7) is 0.526. The van der Waals surface area contributed by atoms with Crippen molar-refractivity contribution in [3.63, 3.8) is 0 Å². The molecular weight excluding hydrogens is 331 g/mol. The second kappa shape index (κ2) is 7.79. The molecule has 2 aromatic carbocycles. The highest BCUT2D eigenvalue weighted by atomic mass is 35.5. The fourth-order valence-corrected chi connectivity index (χ4v) is 2.65. The highest BCUT2D eigenvalue weighted by molar-refractivity contribution is 6.37. The van der Waals surface area contributed by atoms with E-state index in [1.807, 2.05) is 24.3 Å². The quantitative estimate of drug-likeness (QED) is 0.675. The van der Waals surface area contributed by atoms with Crippen LogP contribution in [0.3, 0.4) is 0 Å². The number of hydrogen-bond donors (Lipinski definition) is 1.